The lowest BCUT2D eigenvalue weighted by Gasteiger charge is -2.19. The number of carbonyl (C=O) groups is 3. The van der Waals surface area contributed by atoms with Gasteiger partial charge in [0.2, 0.25) is 0 Å². The van der Waals surface area contributed by atoms with Gasteiger partial charge in [-0.15, -0.1) is 0 Å². The van der Waals surface area contributed by atoms with E-state index in [1.54, 1.807) is 57.2 Å². The first kappa shape index (κ1) is 31.3. The van der Waals surface area contributed by atoms with Crippen LogP contribution in [0, 0.1) is 20.8 Å². The van der Waals surface area contributed by atoms with Gasteiger partial charge in [0.15, 0.2) is 0 Å². The zero-order chi connectivity index (χ0) is 30.3. The van der Waals surface area contributed by atoms with Gasteiger partial charge >= 0.3 is 17.9 Å². The third-order valence-corrected chi connectivity index (χ3v) is 7.53. The Kier molecular flexibility index (Phi) is 10.7. The first-order chi connectivity index (χ1) is 19.6. The Bertz CT molecular complexity index is 1460. The number of aromatic carboxylic acids is 1. The molecule has 0 bridgehead atoms. The van der Waals surface area contributed by atoms with Crippen LogP contribution in [0.3, 0.4) is 0 Å². The molecule has 0 spiro atoms. The van der Waals surface area contributed by atoms with Crippen molar-refractivity contribution in [1.82, 2.24) is 0 Å². The number of carboxylic acid groups (broad SMARTS) is 1. The van der Waals surface area contributed by atoms with E-state index in [9.17, 15) is 19.5 Å². The van der Waals surface area contributed by atoms with Crippen LogP contribution in [0.25, 0.3) is 0 Å². The molecule has 0 amide bonds. The van der Waals surface area contributed by atoms with E-state index < -0.39 is 17.9 Å². The number of carbonyl (C=O) groups excluding carboxylic acids is 2. The second-order valence-electron chi connectivity index (χ2n) is 9.12. The molecule has 0 saturated heterocycles. The molecule has 41 heavy (non-hydrogen) atoms. The molecule has 0 aliphatic carbocycles. The average molecular weight is 583 g/mol. The summed E-state index contributed by atoms with van der Waals surface area (Å²) < 4.78 is 27.3. The van der Waals surface area contributed by atoms with Crippen LogP contribution in [0.5, 0.6) is 23.0 Å². The summed E-state index contributed by atoms with van der Waals surface area (Å²) in [6.45, 7) is 7.30. The van der Waals surface area contributed by atoms with Crippen molar-refractivity contribution in [2.24, 2.45) is 0 Å². The monoisotopic (exact) mass is 582 g/mol. The second kappa shape index (κ2) is 13.9. The molecule has 0 saturated carbocycles. The fourth-order valence-electron chi connectivity index (χ4n) is 4.26. The number of methoxy groups -OCH3 is 3. The predicted octanol–water partition coefficient (Wildman–Crippen LogP) is 6.66. The maximum atomic E-state index is 13.4. The molecule has 0 unspecified atom stereocenters. The smallest absolute Gasteiger partial charge is 0.347 e. The molecular weight excluding hydrogens is 548 g/mol. The largest absolute Gasteiger partial charge is 0.496 e. The molecule has 0 atom stereocenters. The summed E-state index contributed by atoms with van der Waals surface area (Å²) in [7, 11) is 4.31. The normalized spacial score (nSPS) is 10.6. The number of unbranched alkanes of at least 4 members (excludes halogenated alkanes) is 1. The first-order valence-corrected chi connectivity index (χ1v) is 13.7. The van der Waals surface area contributed by atoms with Gasteiger partial charge in [-0.3, -0.25) is 0 Å². The Hall–Kier alpha value is -4.18. The van der Waals surface area contributed by atoms with Gasteiger partial charge < -0.3 is 28.8 Å². The Balaban J connectivity index is 1.95. The SMILES string of the molecule is CCCCOC(=O)c1cc(Sc2ccc(OC)c(C(=O)Oc3c(C)c(C)c(C(=O)O)c(OC)c3C)c2)ccc1OC. The van der Waals surface area contributed by atoms with Crippen LogP contribution in [0.4, 0.5) is 0 Å². The number of esters is 2. The number of ether oxygens (including phenoxy) is 5. The van der Waals surface area contributed by atoms with Crippen LogP contribution < -0.4 is 18.9 Å². The van der Waals surface area contributed by atoms with Crippen LogP contribution in [-0.4, -0.2) is 51.0 Å². The summed E-state index contributed by atoms with van der Waals surface area (Å²) in [5.41, 5.74) is 1.83. The van der Waals surface area contributed by atoms with Gasteiger partial charge in [0, 0.05) is 15.4 Å². The maximum absolute atomic E-state index is 13.4. The Morgan fingerprint density at radius 1 is 0.756 bits per heavy atom. The highest BCUT2D eigenvalue weighted by Gasteiger charge is 2.26. The summed E-state index contributed by atoms with van der Waals surface area (Å²) in [5.74, 6) is -1.24. The highest BCUT2D eigenvalue weighted by Crippen LogP contribution is 2.39. The molecule has 9 nitrogen and oxygen atoms in total. The van der Waals surface area contributed by atoms with Crippen molar-refractivity contribution in [1.29, 1.82) is 0 Å². The van der Waals surface area contributed by atoms with E-state index in [-0.39, 0.29) is 22.6 Å². The van der Waals surface area contributed by atoms with Gasteiger partial charge in [-0.05, 0) is 74.7 Å². The van der Waals surface area contributed by atoms with Gasteiger partial charge in [-0.2, -0.15) is 0 Å². The summed E-state index contributed by atoms with van der Waals surface area (Å²) in [5, 5.41) is 9.68. The van der Waals surface area contributed by atoms with Crippen molar-refractivity contribution >= 4 is 29.7 Å². The van der Waals surface area contributed by atoms with E-state index >= 15 is 0 Å². The van der Waals surface area contributed by atoms with Crippen molar-refractivity contribution in [2.45, 2.75) is 50.3 Å². The summed E-state index contributed by atoms with van der Waals surface area (Å²) in [6, 6.07) is 10.3. The molecule has 0 aliphatic heterocycles. The lowest BCUT2D eigenvalue weighted by atomic mass is 9.97. The van der Waals surface area contributed by atoms with Crippen LogP contribution >= 0.6 is 11.8 Å². The van der Waals surface area contributed by atoms with Gasteiger partial charge in [-0.25, -0.2) is 14.4 Å². The van der Waals surface area contributed by atoms with Crippen LogP contribution in [0.1, 0.15) is 67.5 Å². The van der Waals surface area contributed by atoms with Crippen LogP contribution in [0.2, 0.25) is 0 Å². The quantitative estimate of drug-likeness (QED) is 0.141. The number of benzene rings is 3. The summed E-state index contributed by atoms with van der Waals surface area (Å²) in [4.78, 5) is 39.4. The van der Waals surface area contributed by atoms with Gasteiger partial charge in [0.1, 0.15) is 39.7 Å². The molecule has 0 radical (unpaired) electrons. The van der Waals surface area contributed by atoms with Crippen molar-refractivity contribution in [2.75, 3.05) is 27.9 Å². The van der Waals surface area contributed by atoms with E-state index in [2.05, 4.69) is 0 Å². The average Bonchev–Trinajstić information content (AvgIpc) is 2.96. The van der Waals surface area contributed by atoms with Crippen LogP contribution in [0.15, 0.2) is 46.2 Å². The molecule has 3 rings (SSSR count). The minimum Gasteiger partial charge on any atom is -0.496 e. The molecule has 1 N–H and O–H groups in total. The first-order valence-electron chi connectivity index (χ1n) is 12.9. The minimum atomic E-state index is -1.13. The van der Waals surface area contributed by atoms with E-state index in [0.29, 0.717) is 45.3 Å². The van der Waals surface area contributed by atoms with Crippen LogP contribution in [-0.2, 0) is 4.74 Å². The zero-order valence-corrected chi connectivity index (χ0v) is 25.0. The lowest BCUT2D eigenvalue weighted by Crippen LogP contribution is -2.15. The topological polar surface area (TPSA) is 118 Å². The molecule has 218 valence electrons. The highest BCUT2D eigenvalue weighted by atomic mass is 32.2. The fourth-order valence-corrected chi connectivity index (χ4v) is 5.15. The van der Waals surface area contributed by atoms with E-state index in [1.807, 2.05) is 6.92 Å². The van der Waals surface area contributed by atoms with Crippen molar-refractivity contribution in [3.63, 3.8) is 0 Å². The van der Waals surface area contributed by atoms with Gasteiger partial charge in [0.25, 0.3) is 0 Å². The van der Waals surface area contributed by atoms with Gasteiger partial charge in [0.05, 0.1) is 27.9 Å². The Morgan fingerprint density at radius 3 is 1.80 bits per heavy atom. The van der Waals surface area contributed by atoms with E-state index in [1.165, 1.54) is 33.1 Å². The maximum Gasteiger partial charge on any atom is 0.347 e. The molecule has 10 heteroatoms. The third kappa shape index (κ3) is 6.94. The number of hydrogen-bond acceptors (Lipinski definition) is 9. The number of hydrogen-bond donors (Lipinski definition) is 1. The lowest BCUT2D eigenvalue weighted by molar-refractivity contribution is 0.0495. The van der Waals surface area contributed by atoms with E-state index in [4.69, 9.17) is 23.7 Å². The molecule has 0 heterocycles. The molecule has 0 aromatic heterocycles. The standard InChI is InChI=1S/C31H34O9S/c1-8-9-14-39-30(34)22-15-20(10-12-24(22)36-5)41-21-11-13-25(37-6)23(16-21)31(35)40-27-18(3)17(2)26(29(32)33)28(38-7)19(27)4/h10-13,15-16H,8-9,14H2,1-7H3,(H,32,33). The summed E-state index contributed by atoms with van der Waals surface area (Å²) in [6.07, 6.45) is 1.67. The molecule has 0 fully saturated rings. The fraction of sp³-hybridized carbons (Fsp3) is 0.323. The Morgan fingerprint density at radius 2 is 1.32 bits per heavy atom. The third-order valence-electron chi connectivity index (χ3n) is 6.55. The van der Waals surface area contributed by atoms with Crippen molar-refractivity contribution < 1.29 is 43.2 Å². The molecular formula is C31H34O9S. The van der Waals surface area contributed by atoms with Gasteiger partial charge in [-0.1, -0.05) is 25.1 Å². The van der Waals surface area contributed by atoms with E-state index in [0.717, 1.165) is 17.7 Å². The zero-order valence-electron chi connectivity index (χ0n) is 24.2. The molecule has 3 aromatic carbocycles. The predicted molar refractivity (Wildman–Crippen MR) is 154 cm³/mol. The minimum absolute atomic E-state index is 0.0198. The molecule has 0 aliphatic rings. The number of carboxylic acids is 1. The van der Waals surface area contributed by atoms with Crippen molar-refractivity contribution in [3.05, 3.63) is 69.8 Å². The Labute approximate surface area is 243 Å². The second-order valence-corrected chi connectivity index (χ2v) is 10.3. The highest BCUT2D eigenvalue weighted by molar-refractivity contribution is 7.99. The van der Waals surface area contributed by atoms with Crippen molar-refractivity contribution in [3.8, 4) is 23.0 Å². The number of rotatable bonds is 12. The summed E-state index contributed by atoms with van der Waals surface area (Å²) >= 11 is 1.33. The molecule has 3 aromatic rings.